The van der Waals surface area contributed by atoms with E-state index in [4.69, 9.17) is 15.0 Å². The van der Waals surface area contributed by atoms with Crippen molar-refractivity contribution in [2.75, 3.05) is 0 Å². The van der Waals surface area contributed by atoms with Crippen LogP contribution < -0.4 is 0 Å². The van der Waals surface area contributed by atoms with Crippen molar-refractivity contribution >= 4 is 63.8 Å². The van der Waals surface area contributed by atoms with Crippen LogP contribution in [0.2, 0.25) is 0 Å². The lowest BCUT2D eigenvalue weighted by Crippen LogP contribution is -2.02. The first-order chi connectivity index (χ1) is 27.2. The van der Waals surface area contributed by atoms with Gasteiger partial charge in [-0.3, -0.25) is 0 Å². The normalized spacial score (nSPS) is 11.6. The van der Waals surface area contributed by atoms with Gasteiger partial charge in [0.25, 0.3) is 0 Å². The number of nitrogens with zero attached hydrogens (tertiary/aromatic N) is 3. The minimum Gasteiger partial charge on any atom is -0.208 e. The molecule has 11 aromatic rings. The third-order valence-corrected chi connectivity index (χ3v) is 11.9. The molecule has 0 radical (unpaired) electrons. The van der Waals surface area contributed by atoms with Crippen molar-refractivity contribution in [1.82, 2.24) is 15.0 Å². The summed E-state index contributed by atoms with van der Waals surface area (Å²) in [7, 11) is 0. The summed E-state index contributed by atoms with van der Waals surface area (Å²) in [5.74, 6) is 1.94. The van der Waals surface area contributed by atoms with Crippen LogP contribution in [0.15, 0.2) is 188 Å². The number of aromatic nitrogens is 3. The van der Waals surface area contributed by atoms with Gasteiger partial charge in [0.1, 0.15) is 0 Å². The minimum atomic E-state index is 0.637. The maximum absolute atomic E-state index is 5.44. The Labute approximate surface area is 321 Å². The predicted molar refractivity (Wildman–Crippen MR) is 232 cm³/mol. The summed E-state index contributed by atoms with van der Waals surface area (Å²) in [6, 6.07) is 66.9. The number of thiophene rings is 1. The van der Waals surface area contributed by atoms with Gasteiger partial charge in [0.05, 0.1) is 0 Å². The highest BCUT2D eigenvalue weighted by Crippen LogP contribution is 2.43. The molecule has 0 saturated carbocycles. The molecule has 3 nitrogen and oxygen atoms in total. The second kappa shape index (κ2) is 12.8. The molecule has 0 aliphatic carbocycles. The monoisotopic (exact) mass is 717 g/mol. The van der Waals surface area contributed by atoms with E-state index in [-0.39, 0.29) is 0 Å². The molecule has 0 fully saturated rings. The van der Waals surface area contributed by atoms with Crippen LogP contribution in [0.25, 0.3) is 109 Å². The van der Waals surface area contributed by atoms with Gasteiger partial charge >= 0.3 is 0 Å². The Balaban J connectivity index is 1.19. The van der Waals surface area contributed by atoms with Crippen LogP contribution in [0.1, 0.15) is 0 Å². The summed E-state index contributed by atoms with van der Waals surface area (Å²) in [5, 5.41) is 9.50. The number of hydrogen-bond acceptors (Lipinski definition) is 4. The third kappa shape index (κ3) is 5.38. The standard InChI is InChI=1S/C51H31N3S/c1-2-15-35-30-37(27-26-32(35)12-1)36-17-9-18-38(31-36)49-52-50(45-24-11-23-44-42-21-7-8-25-46(42)55-48(44)45)54-51(53-49)47-40-20-6-4-14-34(40)28-29-43(47)41-22-10-16-33-13-3-5-19-39(33)41/h1-31H. The van der Waals surface area contributed by atoms with Crippen molar-refractivity contribution in [1.29, 1.82) is 0 Å². The number of fused-ring (bicyclic) bond motifs is 6. The summed E-state index contributed by atoms with van der Waals surface area (Å²) < 4.78 is 2.42. The van der Waals surface area contributed by atoms with Gasteiger partial charge in [-0.2, -0.15) is 0 Å². The number of rotatable bonds is 5. The Morgan fingerprint density at radius 3 is 1.78 bits per heavy atom. The fourth-order valence-electron chi connectivity index (χ4n) is 8.06. The van der Waals surface area contributed by atoms with Gasteiger partial charge < -0.3 is 0 Å². The Morgan fingerprint density at radius 2 is 0.891 bits per heavy atom. The lowest BCUT2D eigenvalue weighted by atomic mass is 9.90. The van der Waals surface area contributed by atoms with Crippen molar-refractivity contribution in [3.8, 4) is 56.4 Å². The van der Waals surface area contributed by atoms with Crippen molar-refractivity contribution < 1.29 is 0 Å². The molecular formula is C51H31N3S. The number of hydrogen-bond donors (Lipinski definition) is 0. The highest BCUT2D eigenvalue weighted by Gasteiger charge is 2.21. The topological polar surface area (TPSA) is 38.7 Å². The first kappa shape index (κ1) is 31.5. The van der Waals surface area contributed by atoms with E-state index in [1.54, 1.807) is 11.3 Å². The summed E-state index contributed by atoms with van der Waals surface area (Å²) in [4.78, 5) is 16.2. The van der Waals surface area contributed by atoms with Crippen LogP contribution in [0.5, 0.6) is 0 Å². The first-order valence-corrected chi connectivity index (χ1v) is 19.3. The van der Waals surface area contributed by atoms with Gasteiger partial charge in [-0.25, -0.2) is 15.0 Å². The van der Waals surface area contributed by atoms with Crippen LogP contribution in [-0.2, 0) is 0 Å². The molecule has 55 heavy (non-hydrogen) atoms. The van der Waals surface area contributed by atoms with Crippen LogP contribution in [-0.4, -0.2) is 15.0 Å². The molecule has 0 spiro atoms. The van der Waals surface area contributed by atoms with E-state index >= 15 is 0 Å². The second-order valence-electron chi connectivity index (χ2n) is 14.0. The van der Waals surface area contributed by atoms with E-state index in [0.29, 0.717) is 17.5 Å². The van der Waals surface area contributed by atoms with Gasteiger partial charge in [-0.1, -0.05) is 164 Å². The zero-order valence-electron chi connectivity index (χ0n) is 29.6. The quantitative estimate of drug-likeness (QED) is 0.178. The highest BCUT2D eigenvalue weighted by molar-refractivity contribution is 7.26. The maximum atomic E-state index is 5.44. The largest absolute Gasteiger partial charge is 0.208 e. The highest BCUT2D eigenvalue weighted by atomic mass is 32.1. The Hall–Kier alpha value is -7.01. The maximum Gasteiger partial charge on any atom is 0.165 e. The molecule has 9 aromatic carbocycles. The zero-order chi connectivity index (χ0) is 36.3. The van der Waals surface area contributed by atoms with E-state index in [1.165, 1.54) is 41.7 Å². The Kier molecular flexibility index (Phi) is 7.35. The molecule has 11 rings (SSSR count). The average Bonchev–Trinajstić information content (AvgIpc) is 3.64. The lowest BCUT2D eigenvalue weighted by Gasteiger charge is -2.16. The van der Waals surface area contributed by atoms with E-state index in [0.717, 1.165) is 49.7 Å². The molecule has 0 atom stereocenters. The molecule has 0 N–H and O–H groups in total. The summed E-state index contributed by atoms with van der Waals surface area (Å²) >= 11 is 1.79. The van der Waals surface area contributed by atoms with Gasteiger partial charge in [0, 0.05) is 36.9 Å². The van der Waals surface area contributed by atoms with Crippen molar-refractivity contribution in [3.05, 3.63) is 188 Å². The van der Waals surface area contributed by atoms with Crippen LogP contribution in [0.3, 0.4) is 0 Å². The van der Waals surface area contributed by atoms with Crippen molar-refractivity contribution in [3.63, 3.8) is 0 Å². The van der Waals surface area contributed by atoms with E-state index in [1.807, 2.05) is 0 Å². The van der Waals surface area contributed by atoms with E-state index < -0.39 is 0 Å². The Bertz CT molecular complexity index is 3280. The Morgan fingerprint density at radius 1 is 0.309 bits per heavy atom. The molecule has 0 bridgehead atoms. The third-order valence-electron chi connectivity index (χ3n) is 10.7. The molecule has 0 amide bonds. The van der Waals surface area contributed by atoms with Gasteiger partial charge in [0.15, 0.2) is 17.5 Å². The van der Waals surface area contributed by atoms with E-state index in [9.17, 15) is 0 Å². The molecule has 0 aliphatic rings. The van der Waals surface area contributed by atoms with Crippen molar-refractivity contribution in [2.24, 2.45) is 0 Å². The fourth-order valence-corrected chi connectivity index (χ4v) is 9.28. The first-order valence-electron chi connectivity index (χ1n) is 18.5. The lowest BCUT2D eigenvalue weighted by molar-refractivity contribution is 1.08. The molecule has 2 aromatic heterocycles. The fraction of sp³-hybridized carbons (Fsp3) is 0. The minimum absolute atomic E-state index is 0.637. The van der Waals surface area contributed by atoms with Crippen LogP contribution in [0.4, 0.5) is 0 Å². The molecule has 0 unspecified atom stereocenters. The SMILES string of the molecule is c1cc(-c2ccc3ccccc3c2)cc(-c2nc(-c3c(-c4cccc5ccccc45)ccc4ccccc34)nc(-c3cccc4c3sc3ccccc34)n2)c1. The second-order valence-corrected chi connectivity index (χ2v) is 15.0. The van der Waals surface area contributed by atoms with Crippen molar-refractivity contribution in [2.45, 2.75) is 0 Å². The molecule has 0 aliphatic heterocycles. The van der Waals surface area contributed by atoms with Gasteiger partial charge in [0.2, 0.25) is 0 Å². The predicted octanol–water partition coefficient (Wildman–Crippen LogP) is 14.0. The molecule has 4 heteroatoms. The van der Waals surface area contributed by atoms with Gasteiger partial charge in [-0.05, 0) is 78.8 Å². The molecule has 0 saturated heterocycles. The van der Waals surface area contributed by atoms with E-state index in [2.05, 4.69) is 188 Å². The summed E-state index contributed by atoms with van der Waals surface area (Å²) in [5.41, 5.74) is 7.43. The van der Waals surface area contributed by atoms with Gasteiger partial charge in [-0.15, -0.1) is 11.3 Å². The molecule has 256 valence electrons. The summed E-state index contributed by atoms with van der Waals surface area (Å²) in [6.07, 6.45) is 0. The summed E-state index contributed by atoms with van der Waals surface area (Å²) in [6.45, 7) is 0. The molecule has 2 heterocycles. The molecular weight excluding hydrogens is 687 g/mol. The number of benzene rings is 9. The van der Waals surface area contributed by atoms with Crippen LogP contribution >= 0.6 is 11.3 Å². The van der Waals surface area contributed by atoms with Crippen LogP contribution in [0, 0.1) is 0 Å². The smallest absolute Gasteiger partial charge is 0.165 e. The average molecular weight is 718 g/mol. The zero-order valence-corrected chi connectivity index (χ0v) is 30.5.